The summed E-state index contributed by atoms with van der Waals surface area (Å²) in [5.74, 6) is 0.147. The second-order valence-electron chi connectivity index (χ2n) is 4.34. The van der Waals surface area contributed by atoms with Gasteiger partial charge in [-0.1, -0.05) is 30.3 Å². The third kappa shape index (κ3) is 3.13. The molecular weight excluding hydrogens is 379 g/mol. The number of amides is 1. The van der Waals surface area contributed by atoms with Crippen molar-refractivity contribution in [2.24, 2.45) is 0 Å². The number of aromatic nitrogens is 1. The summed E-state index contributed by atoms with van der Waals surface area (Å²) in [6, 6.07) is 17.0. The molecule has 3 rings (SSSR count). The molecule has 21 heavy (non-hydrogen) atoms. The molecule has 0 fully saturated rings. The number of nitrogens with one attached hydrogen (secondary N) is 1. The number of oxazole rings is 1. The summed E-state index contributed by atoms with van der Waals surface area (Å²) in [4.78, 5) is 16.4. The maximum Gasteiger partial charge on any atom is 0.277 e. The Kier molecular flexibility index (Phi) is 4.01. The average Bonchev–Trinajstić information content (AvgIpc) is 3.00. The van der Waals surface area contributed by atoms with E-state index in [4.69, 9.17) is 4.42 Å². The fourth-order valence-corrected chi connectivity index (χ4v) is 2.36. The maximum absolute atomic E-state index is 12.2. The van der Waals surface area contributed by atoms with Crippen molar-refractivity contribution in [3.63, 3.8) is 0 Å². The van der Waals surface area contributed by atoms with Gasteiger partial charge in [0.1, 0.15) is 6.26 Å². The number of rotatable bonds is 3. The molecule has 0 atom stereocenters. The second kappa shape index (κ2) is 6.09. The standard InChI is InChI=1S/C16H11IN2O2/c17-12-8-4-5-9-13(12)18-15(20)14-10-21-16(19-14)11-6-2-1-3-7-11/h1-10H,(H,18,20). The van der Waals surface area contributed by atoms with E-state index in [2.05, 4.69) is 32.9 Å². The quantitative estimate of drug-likeness (QED) is 0.683. The van der Waals surface area contributed by atoms with E-state index in [0.29, 0.717) is 5.89 Å². The Labute approximate surface area is 135 Å². The predicted octanol–water partition coefficient (Wildman–Crippen LogP) is 4.20. The van der Waals surface area contributed by atoms with Gasteiger partial charge < -0.3 is 9.73 Å². The molecule has 0 aliphatic carbocycles. The summed E-state index contributed by atoms with van der Waals surface area (Å²) in [5, 5.41) is 2.82. The molecule has 0 unspecified atom stereocenters. The molecule has 1 aromatic heterocycles. The summed E-state index contributed by atoms with van der Waals surface area (Å²) in [5.41, 5.74) is 1.85. The lowest BCUT2D eigenvalue weighted by Gasteiger charge is -2.04. The van der Waals surface area contributed by atoms with Gasteiger partial charge in [-0.2, -0.15) is 0 Å². The Balaban J connectivity index is 1.80. The molecule has 0 bridgehead atoms. The molecule has 104 valence electrons. The van der Waals surface area contributed by atoms with Crippen LogP contribution in [0.3, 0.4) is 0 Å². The van der Waals surface area contributed by atoms with Gasteiger partial charge in [0.05, 0.1) is 5.69 Å². The third-order valence-electron chi connectivity index (χ3n) is 2.88. The molecule has 4 nitrogen and oxygen atoms in total. The monoisotopic (exact) mass is 390 g/mol. The van der Waals surface area contributed by atoms with Crippen molar-refractivity contribution >= 4 is 34.2 Å². The highest BCUT2D eigenvalue weighted by Gasteiger charge is 2.14. The van der Waals surface area contributed by atoms with E-state index >= 15 is 0 Å². The van der Waals surface area contributed by atoms with Crippen LogP contribution in [0.5, 0.6) is 0 Å². The van der Waals surface area contributed by atoms with Gasteiger partial charge in [-0.25, -0.2) is 4.98 Å². The smallest absolute Gasteiger partial charge is 0.277 e. The number of anilines is 1. The first kappa shape index (κ1) is 13.8. The lowest BCUT2D eigenvalue weighted by Crippen LogP contribution is -2.13. The maximum atomic E-state index is 12.2. The summed E-state index contributed by atoms with van der Waals surface area (Å²) >= 11 is 2.17. The minimum Gasteiger partial charge on any atom is -0.444 e. The number of hydrogen-bond donors (Lipinski definition) is 1. The van der Waals surface area contributed by atoms with Crippen LogP contribution < -0.4 is 5.32 Å². The first-order valence-corrected chi connectivity index (χ1v) is 7.39. The van der Waals surface area contributed by atoms with Gasteiger partial charge in [-0.15, -0.1) is 0 Å². The van der Waals surface area contributed by atoms with Crippen molar-refractivity contribution in [1.82, 2.24) is 4.98 Å². The molecule has 0 spiro atoms. The SMILES string of the molecule is O=C(Nc1ccccc1I)c1coc(-c2ccccc2)n1. The van der Waals surface area contributed by atoms with Gasteiger partial charge in [0.2, 0.25) is 5.89 Å². The van der Waals surface area contributed by atoms with Crippen LogP contribution in [0.4, 0.5) is 5.69 Å². The van der Waals surface area contributed by atoms with Crippen LogP contribution in [0.25, 0.3) is 11.5 Å². The molecule has 2 aromatic carbocycles. The van der Waals surface area contributed by atoms with Crippen molar-refractivity contribution < 1.29 is 9.21 Å². The van der Waals surface area contributed by atoms with E-state index < -0.39 is 0 Å². The van der Waals surface area contributed by atoms with E-state index in [-0.39, 0.29) is 11.6 Å². The Bertz CT molecular complexity index is 769. The topological polar surface area (TPSA) is 55.1 Å². The molecule has 1 N–H and O–H groups in total. The van der Waals surface area contributed by atoms with Crippen LogP contribution in [0.15, 0.2) is 65.3 Å². The lowest BCUT2D eigenvalue weighted by molar-refractivity contribution is 0.102. The van der Waals surface area contributed by atoms with Crippen LogP contribution in [-0.2, 0) is 0 Å². The molecule has 0 aliphatic heterocycles. The molecule has 0 radical (unpaired) electrons. The Morgan fingerprint density at radius 1 is 1.05 bits per heavy atom. The van der Waals surface area contributed by atoms with E-state index in [1.54, 1.807) is 0 Å². The number of para-hydroxylation sites is 1. The minimum absolute atomic E-state index is 0.258. The van der Waals surface area contributed by atoms with Crippen molar-refractivity contribution in [2.45, 2.75) is 0 Å². The predicted molar refractivity (Wildman–Crippen MR) is 89.1 cm³/mol. The molecule has 0 saturated heterocycles. The van der Waals surface area contributed by atoms with Crippen LogP contribution in [0.2, 0.25) is 0 Å². The van der Waals surface area contributed by atoms with E-state index in [0.717, 1.165) is 14.8 Å². The largest absolute Gasteiger partial charge is 0.444 e. The normalized spacial score (nSPS) is 10.3. The van der Waals surface area contributed by atoms with Crippen molar-refractivity contribution in [3.05, 3.63) is 70.1 Å². The highest BCUT2D eigenvalue weighted by Crippen LogP contribution is 2.20. The summed E-state index contributed by atoms with van der Waals surface area (Å²) in [6.07, 6.45) is 1.37. The number of carbonyl (C=O) groups is 1. The second-order valence-corrected chi connectivity index (χ2v) is 5.50. The highest BCUT2D eigenvalue weighted by atomic mass is 127. The molecular formula is C16H11IN2O2. The van der Waals surface area contributed by atoms with E-state index in [1.807, 2.05) is 54.6 Å². The summed E-state index contributed by atoms with van der Waals surface area (Å²) in [6.45, 7) is 0. The van der Waals surface area contributed by atoms with Crippen LogP contribution in [-0.4, -0.2) is 10.9 Å². The average molecular weight is 390 g/mol. The number of carbonyl (C=O) groups excluding carboxylic acids is 1. The molecule has 0 aliphatic rings. The molecule has 3 aromatic rings. The molecule has 0 saturated carbocycles. The van der Waals surface area contributed by atoms with Gasteiger partial charge in [-0.05, 0) is 46.9 Å². The fourth-order valence-electron chi connectivity index (χ4n) is 1.84. The van der Waals surface area contributed by atoms with Crippen molar-refractivity contribution in [3.8, 4) is 11.5 Å². The minimum atomic E-state index is -0.287. The van der Waals surface area contributed by atoms with Crippen molar-refractivity contribution in [2.75, 3.05) is 5.32 Å². The van der Waals surface area contributed by atoms with Crippen LogP contribution >= 0.6 is 22.6 Å². The molecule has 1 heterocycles. The van der Waals surface area contributed by atoms with Gasteiger partial charge in [-0.3, -0.25) is 4.79 Å². The summed E-state index contributed by atoms with van der Waals surface area (Å²) in [7, 11) is 0. The number of halogens is 1. The Hall–Kier alpha value is -2.15. The number of nitrogens with zero attached hydrogens (tertiary/aromatic N) is 1. The fraction of sp³-hybridized carbons (Fsp3) is 0. The van der Waals surface area contributed by atoms with Gasteiger partial charge >= 0.3 is 0 Å². The van der Waals surface area contributed by atoms with Crippen LogP contribution in [0.1, 0.15) is 10.5 Å². The zero-order valence-corrected chi connectivity index (χ0v) is 13.1. The van der Waals surface area contributed by atoms with E-state index in [1.165, 1.54) is 6.26 Å². The molecule has 1 amide bonds. The zero-order valence-electron chi connectivity index (χ0n) is 10.9. The van der Waals surface area contributed by atoms with E-state index in [9.17, 15) is 4.79 Å². The van der Waals surface area contributed by atoms with Gasteiger partial charge in [0, 0.05) is 9.13 Å². The Morgan fingerprint density at radius 3 is 2.52 bits per heavy atom. The first-order chi connectivity index (χ1) is 10.2. The summed E-state index contributed by atoms with van der Waals surface area (Å²) < 4.78 is 6.33. The zero-order chi connectivity index (χ0) is 14.7. The van der Waals surface area contributed by atoms with Gasteiger partial charge in [0.25, 0.3) is 5.91 Å². The van der Waals surface area contributed by atoms with Crippen LogP contribution in [0, 0.1) is 3.57 Å². The first-order valence-electron chi connectivity index (χ1n) is 6.31. The molecule has 5 heteroatoms. The van der Waals surface area contributed by atoms with Crippen molar-refractivity contribution in [1.29, 1.82) is 0 Å². The number of hydrogen-bond acceptors (Lipinski definition) is 3. The lowest BCUT2D eigenvalue weighted by atomic mass is 10.2. The number of benzene rings is 2. The highest BCUT2D eigenvalue weighted by molar-refractivity contribution is 14.1. The van der Waals surface area contributed by atoms with Gasteiger partial charge in [0.15, 0.2) is 5.69 Å². The third-order valence-corrected chi connectivity index (χ3v) is 3.82. The Morgan fingerprint density at radius 2 is 1.76 bits per heavy atom.